The number of nitriles is 2. The predicted octanol–water partition coefficient (Wildman–Crippen LogP) is 1.48. The minimum Gasteiger partial charge on any atom is -0.346 e. The van der Waals surface area contributed by atoms with E-state index in [4.69, 9.17) is 5.26 Å². The highest BCUT2D eigenvalue weighted by Crippen LogP contribution is 2.16. The first-order valence-corrected chi connectivity index (χ1v) is 8.08. The molecule has 132 valence electrons. The molecule has 1 aromatic carbocycles. The number of H-pyrrole nitrogens is 1. The number of pyridine rings is 1. The fourth-order valence-corrected chi connectivity index (χ4v) is 2.65. The van der Waals surface area contributed by atoms with Gasteiger partial charge in [-0.2, -0.15) is 10.5 Å². The number of amides is 1. The van der Waals surface area contributed by atoms with E-state index in [2.05, 4.69) is 26.3 Å². The van der Waals surface area contributed by atoms with Crippen molar-refractivity contribution in [3.05, 3.63) is 69.5 Å². The minimum absolute atomic E-state index is 0.147. The Morgan fingerprint density at radius 3 is 2.67 bits per heavy atom. The summed E-state index contributed by atoms with van der Waals surface area (Å²) in [5.74, 6) is -0.0173. The Morgan fingerprint density at radius 1 is 1.26 bits per heavy atom. The summed E-state index contributed by atoms with van der Waals surface area (Å²) in [7, 11) is 0. The predicted molar refractivity (Wildman–Crippen MR) is 96.3 cm³/mol. The van der Waals surface area contributed by atoms with Gasteiger partial charge in [0.05, 0.1) is 29.7 Å². The van der Waals surface area contributed by atoms with Crippen LogP contribution in [-0.2, 0) is 11.2 Å². The number of nitrogens with one attached hydrogen (secondary N) is 2. The Bertz CT molecular complexity index is 1150. The van der Waals surface area contributed by atoms with Gasteiger partial charge in [0, 0.05) is 28.9 Å². The molecule has 1 amide bonds. The molecule has 0 aliphatic rings. The summed E-state index contributed by atoms with van der Waals surface area (Å²) >= 11 is 0. The number of carbonyl (C=O) groups is 1. The number of aromatic amines is 1. The number of aromatic nitrogens is 3. The quantitative estimate of drug-likeness (QED) is 0.725. The van der Waals surface area contributed by atoms with Crippen LogP contribution < -0.4 is 10.9 Å². The average molecular weight is 358 g/mol. The molecule has 2 N–H and O–H groups in total. The molecule has 2 aromatic heterocycles. The Morgan fingerprint density at radius 2 is 2.00 bits per heavy atom. The standard InChI is InChI=1S/C19H14N6O2/c1-11(18-22-9-12(7-20)10-23-18)24-17(26)6-14-5-15-13(8-21)3-2-4-16(15)25-19(14)27/h2-5,9-11H,6H2,1H3,(H,24,26)(H,25,27)/t11-/m1/s1. The molecule has 0 unspecified atom stereocenters. The van der Waals surface area contributed by atoms with E-state index in [0.717, 1.165) is 0 Å². The van der Waals surface area contributed by atoms with E-state index >= 15 is 0 Å². The zero-order valence-corrected chi connectivity index (χ0v) is 14.4. The summed E-state index contributed by atoms with van der Waals surface area (Å²) in [4.78, 5) is 35.3. The molecule has 3 rings (SSSR count). The molecular formula is C19H14N6O2. The van der Waals surface area contributed by atoms with Gasteiger partial charge in [-0.3, -0.25) is 9.59 Å². The second kappa shape index (κ2) is 7.46. The van der Waals surface area contributed by atoms with Crippen molar-refractivity contribution in [2.45, 2.75) is 19.4 Å². The first-order valence-electron chi connectivity index (χ1n) is 8.08. The third-order valence-corrected chi connectivity index (χ3v) is 4.00. The lowest BCUT2D eigenvalue weighted by Gasteiger charge is -2.12. The van der Waals surface area contributed by atoms with Gasteiger partial charge < -0.3 is 10.3 Å². The first-order chi connectivity index (χ1) is 13.0. The van der Waals surface area contributed by atoms with Crippen LogP contribution in [0.1, 0.15) is 35.5 Å². The smallest absolute Gasteiger partial charge is 0.252 e. The summed E-state index contributed by atoms with van der Waals surface area (Å²) in [5, 5.41) is 21.3. The summed E-state index contributed by atoms with van der Waals surface area (Å²) in [6, 6.07) is 10.1. The van der Waals surface area contributed by atoms with Crippen LogP contribution in [0, 0.1) is 22.7 Å². The van der Waals surface area contributed by atoms with E-state index in [-0.39, 0.29) is 23.5 Å². The summed E-state index contributed by atoms with van der Waals surface area (Å²) < 4.78 is 0. The van der Waals surface area contributed by atoms with Gasteiger partial charge in [-0.05, 0) is 25.1 Å². The van der Waals surface area contributed by atoms with Crippen molar-refractivity contribution < 1.29 is 4.79 Å². The highest BCUT2D eigenvalue weighted by molar-refractivity contribution is 5.86. The van der Waals surface area contributed by atoms with Gasteiger partial charge in [0.1, 0.15) is 11.9 Å². The number of benzene rings is 1. The normalized spacial score (nSPS) is 11.4. The molecule has 8 nitrogen and oxygen atoms in total. The molecule has 0 saturated heterocycles. The van der Waals surface area contributed by atoms with Crippen molar-refractivity contribution in [3.8, 4) is 12.1 Å². The zero-order chi connectivity index (χ0) is 19.4. The van der Waals surface area contributed by atoms with E-state index in [1.807, 2.05) is 6.07 Å². The van der Waals surface area contributed by atoms with E-state index in [9.17, 15) is 14.9 Å². The molecule has 1 atom stereocenters. The zero-order valence-electron chi connectivity index (χ0n) is 14.4. The second-order valence-corrected chi connectivity index (χ2v) is 5.91. The lowest BCUT2D eigenvalue weighted by Crippen LogP contribution is -2.31. The number of fused-ring (bicyclic) bond motifs is 1. The monoisotopic (exact) mass is 358 g/mol. The molecule has 0 aliphatic carbocycles. The van der Waals surface area contributed by atoms with Crippen molar-refractivity contribution in [2.75, 3.05) is 0 Å². The van der Waals surface area contributed by atoms with E-state index in [1.54, 1.807) is 31.2 Å². The van der Waals surface area contributed by atoms with Crippen LogP contribution in [0.25, 0.3) is 10.9 Å². The van der Waals surface area contributed by atoms with Gasteiger partial charge in [-0.15, -0.1) is 0 Å². The number of hydrogen-bond donors (Lipinski definition) is 2. The Hall–Kier alpha value is -4.04. The second-order valence-electron chi connectivity index (χ2n) is 5.91. The third-order valence-electron chi connectivity index (χ3n) is 4.00. The van der Waals surface area contributed by atoms with Crippen molar-refractivity contribution in [2.24, 2.45) is 0 Å². The van der Waals surface area contributed by atoms with Gasteiger partial charge in [-0.1, -0.05) is 6.07 Å². The van der Waals surface area contributed by atoms with Crippen LogP contribution in [-0.4, -0.2) is 20.9 Å². The van der Waals surface area contributed by atoms with Crippen LogP contribution in [0.3, 0.4) is 0 Å². The van der Waals surface area contributed by atoms with Gasteiger partial charge in [-0.25, -0.2) is 9.97 Å². The number of hydrogen-bond acceptors (Lipinski definition) is 6. The number of rotatable bonds is 4. The van der Waals surface area contributed by atoms with E-state index in [1.165, 1.54) is 12.4 Å². The van der Waals surface area contributed by atoms with Gasteiger partial charge >= 0.3 is 0 Å². The maximum Gasteiger partial charge on any atom is 0.252 e. The molecule has 0 fully saturated rings. The molecule has 0 aliphatic heterocycles. The molecule has 0 spiro atoms. The van der Waals surface area contributed by atoms with Crippen LogP contribution in [0.2, 0.25) is 0 Å². The molecule has 8 heteroatoms. The molecule has 0 radical (unpaired) electrons. The van der Waals surface area contributed by atoms with E-state index < -0.39 is 6.04 Å². The highest BCUT2D eigenvalue weighted by atomic mass is 16.2. The molecule has 3 aromatic rings. The number of nitrogens with zero attached hydrogens (tertiary/aromatic N) is 4. The fraction of sp³-hybridized carbons (Fsp3) is 0.158. The molecule has 0 bridgehead atoms. The summed E-state index contributed by atoms with van der Waals surface area (Å²) in [6.07, 6.45) is 2.61. The van der Waals surface area contributed by atoms with Crippen LogP contribution >= 0.6 is 0 Å². The molecule has 2 heterocycles. The molecule has 27 heavy (non-hydrogen) atoms. The topological polar surface area (TPSA) is 135 Å². The van der Waals surface area contributed by atoms with Crippen molar-refractivity contribution in [1.82, 2.24) is 20.3 Å². The Kier molecular flexibility index (Phi) is 4.91. The third kappa shape index (κ3) is 3.80. The lowest BCUT2D eigenvalue weighted by atomic mass is 10.1. The SMILES string of the molecule is C[C@@H](NC(=O)Cc1cc2c(C#N)cccc2[nH]c1=O)c1ncc(C#N)cn1. The minimum atomic E-state index is -0.487. The van der Waals surface area contributed by atoms with Crippen LogP contribution in [0.4, 0.5) is 0 Å². The fourth-order valence-electron chi connectivity index (χ4n) is 2.65. The Labute approximate surface area is 154 Å². The van der Waals surface area contributed by atoms with Gasteiger partial charge in [0.25, 0.3) is 5.56 Å². The first kappa shape index (κ1) is 17.8. The van der Waals surface area contributed by atoms with Crippen LogP contribution in [0.15, 0.2) is 41.5 Å². The highest BCUT2D eigenvalue weighted by Gasteiger charge is 2.15. The Balaban J connectivity index is 1.79. The van der Waals surface area contributed by atoms with E-state index in [0.29, 0.717) is 27.9 Å². The van der Waals surface area contributed by atoms with Gasteiger partial charge in [0.15, 0.2) is 0 Å². The van der Waals surface area contributed by atoms with Crippen molar-refractivity contribution in [3.63, 3.8) is 0 Å². The van der Waals surface area contributed by atoms with Crippen molar-refractivity contribution in [1.29, 1.82) is 10.5 Å². The maximum atomic E-state index is 12.3. The van der Waals surface area contributed by atoms with Gasteiger partial charge in [0.2, 0.25) is 5.91 Å². The summed E-state index contributed by atoms with van der Waals surface area (Å²) in [6.45, 7) is 1.71. The van der Waals surface area contributed by atoms with Crippen LogP contribution in [0.5, 0.6) is 0 Å². The maximum absolute atomic E-state index is 12.3. The molecular weight excluding hydrogens is 344 g/mol. The largest absolute Gasteiger partial charge is 0.346 e. The number of carbonyl (C=O) groups excluding carboxylic acids is 1. The summed E-state index contributed by atoms with van der Waals surface area (Å²) in [5.41, 5.74) is 1.17. The average Bonchev–Trinajstić information content (AvgIpc) is 2.68. The lowest BCUT2D eigenvalue weighted by molar-refractivity contribution is -0.121. The van der Waals surface area contributed by atoms with Crippen molar-refractivity contribution >= 4 is 16.8 Å². The molecule has 0 saturated carbocycles.